The predicted molar refractivity (Wildman–Crippen MR) is 59.6 cm³/mol. The molecule has 0 N–H and O–H groups in total. The van der Waals surface area contributed by atoms with Crippen molar-refractivity contribution in [2.45, 2.75) is 29.4 Å². The topological polar surface area (TPSA) is 23.8 Å². The minimum Gasteiger partial charge on any atom is -0.197 e. The molecule has 1 aromatic rings. The van der Waals surface area contributed by atoms with Gasteiger partial charge in [-0.1, -0.05) is 11.6 Å². The molecule has 72 valence electrons. The molecular weight excluding hydrogens is 214 g/mol. The molecule has 1 aromatic carbocycles. The molecule has 1 nitrogen and oxygen atoms in total. The first-order chi connectivity index (χ1) is 6.65. The first kappa shape index (κ1) is 9.89. The Hall–Kier alpha value is -0.650. The molecule has 0 bridgehead atoms. The van der Waals surface area contributed by atoms with Gasteiger partial charge in [-0.15, -0.1) is 11.8 Å². The molecule has 1 fully saturated rings. The van der Waals surface area contributed by atoms with Crippen molar-refractivity contribution in [2.24, 2.45) is 0 Å². The van der Waals surface area contributed by atoms with Crippen molar-refractivity contribution >= 4 is 23.4 Å². The lowest BCUT2D eigenvalue weighted by atomic mass is 10.2. The van der Waals surface area contributed by atoms with E-state index in [0.717, 1.165) is 28.3 Å². The van der Waals surface area contributed by atoms with E-state index in [2.05, 4.69) is 6.07 Å². The van der Waals surface area contributed by atoms with Gasteiger partial charge in [0, 0.05) is 9.92 Å². The fourth-order valence-electron chi connectivity index (χ4n) is 1.26. The van der Waals surface area contributed by atoms with Gasteiger partial charge in [0.1, 0.15) is 4.75 Å². The van der Waals surface area contributed by atoms with E-state index in [1.54, 1.807) is 11.8 Å². The molecule has 0 amide bonds. The summed E-state index contributed by atoms with van der Waals surface area (Å²) in [6.45, 7) is 1.98. The Morgan fingerprint density at radius 1 is 1.50 bits per heavy atom. The normalized spacial score (nSPS) is 17.5. The largest absolute Gasteiger partial charge is 0.197 e. The maximum atomic E-state index is 8.94. The maximum Gasteiger partial charge on any atom is 0.107 e. The molecule has 2 rings (SSSR count). The Labute approximate surface area is 93.1 Å². The molecule has 0 heterocycles. The molecule has 0 saturated heterocycles. The summed E-state index contributed by atoms with van der Waals surface area (Å²) in [6, 6.07) is 8.29. The van der Waals surface area contributed by atoms with Crippen LogP contribution in [0.25, 0.3) is 0 Å². The summed E-state index contributed by atoms with van der Waals surface area (Å²) in [7, 11) is 0. The number of nitrogens with zero attached hydrogens (tertiary/aromatic N) is 1. The number of benzene rings is 1. The van der Waals surface area contributed by atoms with Crippen molar-refractivity contribution in [2.75, 3.05) is 0 Å². The van der Waals surface area contributed by atoms with Crippen LogP contribution in [-0.4, -0.2) is 4.75 Å². The van der Waals surface area contributed by atoms with Crippen molar-refractivity contribution in [1.29, 1.82) is 5.26 Å². The highest BCUT2D eigenvalue weighted by molar-refractivity contribution is 8.01. The first-order valence-corrected chi connectivity index (χ1v) is 5.71. The van der Waals surface area contributed by atoms with Gasteiger partial charge in [-0.25, -0.2) is 0 Å². The molecule has 0 unspecified atom stereocenters. The van der Waals surface area contributed by atoms with Crippen LogP contribution < -0.4 is 0 Å². The van der Waals surface area contributed by atoms with Crippen molar-refractivity contribution in [3.63, 3.8) is 0 Å². The van der Waals surface area contributed by atoms with Gasteiger partial charge in [-0.2, -0.15) is 5.26 Å². The van der Waals surface area contributed by atoms with E-state index in [4.69, 9.17) is 16.9 Å². The van der Waals surface area contributed by atoms with Crippen LogP contribution in [0.4, 0.5) is 0 Å². The monoisotopic (exact) mass is 223 g/mol. The molecule has 0 aromatic heterocycles. The average molecular weight is 224 g/mol. The van der Waals surface area contributed by atoms with E-state index in [0.29, 0.717) is 0 Å². The van der Waals surface area contributed by atoms with Crippen LogP contribution in [0.5, 0.6) is 0 Å². The first-order valence-electron chi connectivity index (χ1n) is 4.52. The molecule has 1 saturated carbocycles. The molecule has 1 aliphatic rings. The number of nitriles is 1. The average Bonchev–Trinajstić information content (AvgIpc) is 2.93. The second-order valence-corrected chi connectivity index (χ2v) is 5.48. The molecule has 0 aliphatic heterocycles. The summed E-state index contributed by atoms with van der Waals surface area (Å²) >= 11 is 7.59. The Morgan fingerprint density at radius 3 is 2.71 bits per heavy atom. The molecule has 0 atom stereocenters. The van der Waals surface area contributed by atoms with Crippen molar-refractivity contribution in [1.82, 2.24) is 0 Å². The third-order valence-corrected chi connectivity index (χ3v) is 4.15. The fourth-order valence-corrected chi connectivity index (χ4v) is 2.55. The summed E-state index contributed by atoms with van der Waals surface area (Å²) in [5, 5.41) is 9.73. The van der Waals surface area contributed by atoms with Gasteiger partial charge >= 0.3 is 0 Å². The Kier molecular flexibility index (Phi) is 2.47. The van der Waals surface area contributed by atoms with E-state index in [-0.39, 0.29) is 4.75 Å². The highest BCUT2D eigenvalue weighted by Gasteiger charge is 2.44. The van der Waals surface area contributed by atoms with Crippen molar-refractivity contribution in [3.05, 3.63) is 28.8 Å². The zero-order valence-corrected chi connectivity index (χ0v) is 9.45. The molecular formula is C11H10ClNS. The van der Waals surface area contributed by atoms with Gasteiger partial charge in [0.2, 0.25) is 0 Å². The summed E-state index contributed by atoms with van der Waals surface area (Å²) in [5.74, 6) is 0. The molecule has 0 spiro atoms. The lowest BCUT2D eigenvalue weighted by Gasteiger charge is -2.06. The number of rotatable bonds is 2. The zero-order valence-electron chi connectivity index (χ0n) is 7.88. The Bertz CT molecular complexity index is 404. The Morgan fingerprint density at radius 2 is 2.21 bits per heavy atom. The highest BCUT2D eigenvalue weighted by Crippen LogP contribution is 2.51. The van der Waals surface area contributed by atoms with Crippen LogP contribution in [0.2, 0.25) is 5.02 Å². The van der Waals surface area contributed by atoms with E-state index in [9.17, 15) is 0 Å². The second-order valence-electron chi connectivity index (χ2n) is 3.62. The van der Waals surface area contributed by atoms with E-state index < -0.39 is 0 Å². The standard InChI is InChI=1S/C11H10ClNS/c1-8-6-9(2-3-10(8)12)14-11(7-13)4-5-11/h2-3,6H,4-5H2,1H3. The molecule has 0 radical (unpaired) electrons. The van der Waals surface area contributed by atoms with Crippen LogP contribution in [0.15, 0.2) is 23.1 Å². The fraction of sp³-hybridized carbons (Fsp3) is 0.364. The van der Waals surface area contributed by atoms with Gasteiger partial charge in [0.25, 0.3) is 0 Å². The number of hydrogen-bond acceptors (Lipinski definition) is 2. The van der Waals surface area contributed by atoms with Crippen LogP contribution in [0.1, 0.15) is 18.4 Å². The van der Waals surface area contributed by atoms with Gasteiger partial charge in [-0.05, 0) is 43.5 Å². The quantitative estimate of drug-likeness (QED) is 0.762. The second kappa shape index (κ2) is 3.49. The van der Waals surface area contributed by atoms with Gasteiger partial charge in [-0.3, -0.25) is 0 Å². The lowest BCUT2D eigenvalue weighted by Crippen LogP contribution is -1.96. The van der Waals surface area contributed by atoms with Gasteiger partial charge in [0.15, 0.2) is 0 Å². The number of thioether (sulfide) groups is 1. The molecule has 1 aliphatic carbocycles. The summed E-state index contributed by atoms with van der Waals surface area (Å²) in [6.07, 6.45) is 2.02. The summed E-state index contributed by atoms with van der Waals surface area (Å²) < 4.78 is -0.139. The van der Waals surface area contributed by atoms with Crippen LogP contribution in [-0.2, 0) is 0 Å². The van der Waals surface area contributed by atoms with E-state index >= 15 is 0 Å². The third kappa shape index (κ3) is 1.89. The SMILES string of the molecule is Cc1cc(SC2(C#N)CC2)ccc1Cl. The summed E-state index contributed by atoms with van der Waals surface area (Å²) in [5.41, 5.74) is 1.07. The number of hydrogen-bond donors (Lipinski definition) is 0. The van der Waals surface area contributed by atoms with E-state index in [1.807, 2.05) is 25.1 Å². The third-order valence-electron chi connectivity index (χ3n) is 2.35. The van der Waals surface area contributed by atoms with Crippen molar-refractivity contribution in [3.8, 4) is 6.07 Å². The smallest absolute Gasteiger partial charge is 0.107 e. The molecule has 14 heavy (non-hydrogen) atoms. The highest BCUT2D eigenvalue weighted by atomic mass is 35.5. The van der Waals surface area contributed by atoms with Crippen molar-refractivity contribution < 1.29 is 0 Å². The van der Waals surface area contributed by atoms with Gasteiger partial charge < -0.3 is 0 Å². The zero-order chi connectivity index (χ0) is 10.2. The lowest BCUT2D eigenvalue weighted by molar-refractivity contribution is 1.19. The van der Waals surface area contributed by atoms with Crippen LogP contribution in [0, 0.1) is 18.3 Å². The maximum absolute atomic E-state index is 8.94. The van der Waals surface area contributed by atoms with E-state index in [1.165, 1.54) is 0 Å². The summed E-state index contributed by atoms with van der Waals surface area (Å²) in [4.78, 5) is 1.14. The minimum atomic E-state index is -0.139. The Balaban J connectivity index is 2.19. The van der Waals surface area contributed by atoms with Gasteiger partial charge in [0.05, 0.1) is 6.07 Å². The number of halogens is 1. The molecule has 3 heteroatoms. The van der Waals surface area contributed by atoms with Crippen LogP contribution in [0.3, 0.4) is 0 Å². The number of aryl methyl sites for hydroxylation is 1. The minimum absolute atomic E-state index is 0.139. The predicted octanol–water partition coefficient (Wildman–Crippen LogP) is 3.80. The van der Waals surface area contributed by atoms with Crippen LogP contribution >= 0.6 is 23.4 Å².